The van der Waals surface area contributed by atoms with Crippen LogP contribution in [0, 0.1) is 12.5 Å². The summed E-state index contributed by atoms with van der Waals surface area (Å²) in [7, 11) is 0. The Bertz CT molecular complexity index is 571. The Morgan fingerprint density at radius 3 is 2.41 bits per heavy atom. The number of benzene rings is 2. The van der Waals surface area contributed by atoms with E-state index in [2.05, 4.69) is 6.11 Å². The van der Waals surface area contributed by atoms with Crippen LogP contribution >= 0.6 is 23.2 Å². The molecule has 0 saturated heterocycles. The zero-order valence-corrected chi connectivity index (χ0v) is 10.3. The summed E-state index contributed by atoms with van der Waals surface area (Å²) >= 11 is 12.0. The van der Waals surface area contributed by atoms with Gasteiger partial charge in [0, 0.05) is 10.6 Å². The number of ether oxygens (including phenoxy) is 1. The van der Waals surface area contributed by atoms with Gasteiger partial charge in [-0.1, -0.05) is 60.0 Å². The molecule has 0 N–H and O–H groups in total. The summed E-state index contributed by atoms with van der Waals surface area (Å²) in [6, 6.07) is 13.0. The van der Waals surface area contributed by atoms with Crippen molar-refractivity contribution >= 4 is 23.2 Å². The van der Waals surface area contributed by atoms with Gasteiger partial charge in [-0.05, 0) is 17.7 Å². The Morgan fingerprint density at radius 1 is 1.06 bits per heavy atom. The van der Waals surface area contributed by atoms with E-state index in [1.54, 1.807) is 12.1 Å². The van der Waals surface area contributed by atoms with Crippen molar-refractivity contribution < 1.29 is 4.74 Å². The Kier molecular flexibility index (Phi) is 3.58. The van der Waals surface area contributed by atoms with E-state index < -0.39 is 0 Å². The molecule has 0 bridgehead atoms. The third-order valence-corrected chi connectivity index (χ3v) is 2.75. The fourth-order valence-corrected chi connectivity index (χ4v) is 2.09. The van der Waals surface area contributed by atoms with Gasteiger partial charge in [0.25, 0.3) is 0 Å². The summed E-state index contributed by atoms with van der Waals surface area (Å²) in [5.41, 5.74) is 1.73. The van der Waals surface area contributed by atoms with Crippen LogP contribution in [0.2, 0.25) is 10.0 Å². The van der Waals surface area contributed by atoms with E-state index in [-0.39, 0.29) is 0 Å². The molecule has 2 rings (SSSR count). The Balaban J connectivity index is 2.64. The molecule has 0 spiro atoms. The van der Waals surface area contributed by atoms with Crippen LogP contribution in [0.5, 0.6) is 5.75 Å². The van der Waals surface area contributed by atoms with E-state index in [1.165, 1.54) is 0 Å². The maximum Gasteiger partial charge on any atom is 0.166 e. The first-order chi connectivity index (χ1) is 8.22. The standard InChI is InChI=1S/C14H8Cl2O/c1-2-17-14-12(8-11(15)9-13(14)16)10-6-4-3-5-7-10/h1,3-9H. The summed E-state index contributed by atoms with van der Waals surface area (Å²) in [4.78, 5) is 0. The average molecular weight is 263 g/mol. The van der Waals surface area contributed by atoms with Crippen LogP contribution in [-0.4, -0.2) is 0 Å². The van der Waals surface area contributed by atoms with Gasteiger partial charge in [0.05, 0.1) is 5.02 Å². The lowest BCUT2D eigenvalue weighted by atomic mass is 10.0. The lowest BCUT2D eigenvalue weighted by molar-refractivity contribution is 0.523. The summed E-state index contributed by atoms with van der Waals surface area (Å²) < 4.78 is 5.11. The molecule has 0 aliphatic heterocycles. The number of rotatable bonds is 2. The van der Waals surface area contributed by atoms with Crippen LogP contribution in [0.3, 0.4) is 0 Å². The molecule has 1 nitrogen and oxygen atoms in total. The maximum absolute atomic E-state index is 6.06. The van der Waals surface area contributed by atoms with Crippen LogP contribution in [0.4, 0.5) is 0 Å². The van der Waals surface area contributed by atoms with Gasteiger partial charge in [-0.25, -0.2) is 0 Å². The number of halogens is 2. The molecule has 3 heteroatoms. The molecule has 0 saturated carbocycles. The van der Waals surface area contributed by atoms with Gasteiger partial charge in [0.1, 0.15) is 6.11 Å². The SMILES string of the molecule is C#COc1c(Cl)cc(Cl)cc1-c1ccccc1. The van der Waals surface area contributed by atoms with Gasteiger partial charge in [0.15, 0.2) is 5.75 Å². The topological polar surface area (TPSA) is 9.23 Å². The molecule has 0 unspecified atom stereocenters. The van der Waals surface area contributed by atoms with Gasteiger partial charge in [-0.3, -0.25) is 0 Å². The summed E-state index contributed by atoms with van der Waals surface area (Å²) in [5, 5.41) is 0.938. The molecule has 2 aromatic rings. The van der Waals surface area contributed by atoms with E-state index in [9.17, 15) is 0 Å². The predicted molar refractivity (Wildman–Crippen MR) is 71.4 cm³/mol. The van der Waals surface area contributed by atoms with Crippen molar-refractivity contribution in [3.8, 4) is 29.4 Å². The first-order valence-electron chi connectivity index (χ1n) is 4.89. The van der Waals surface area contributed by atoms with Crippen LogP contribution < -0.4 is 4.74 Å². The highest BCUT2D eigenvalue weighted by molar-refractivity contribution is 6.36. The van der Waals surface area contributed by atoms with Crippen molar-refractivity contribution in [3.63, 3.8) is 0 Å². The monoisotopic (exact) mass is 262 g/mol. The first-order valence-corrected chi connectivity index (χ1v) is 5.65. The Morgan fingerprint density at radius 2 is 1.76 bits per heavy atom. The van der Waals surface area contributed by atoms with E-state index in [1.807, 2.05) is 30.3 Å². The first kappa shape index (κ1) is 11.9. The average Bonchev–Trinajstić information content (AvgIpc) is 2.33. The van der Waals surface area contributed by atoms with Gasteiger partial charge >= 0.3 is 0 Å². The van der Waals surface area contributed by atoms with E-state index in [0.29, 0.717) is 15.8 Å². The van der Waals surface area contributed by atoms with Gasteiger partial charge < -0.3 is 4.74 Å². The highest BCUT2D eigenvalue weighted by Gasteiger charge is 2.12. The van der Waals surface area contributed by atoms with Crippen molar-refractivity contribution in [2.75, 3.05) is 0 Å². The molecule has 2 aromatic carbocycles. The normalized spacial score (nSPS) is 9.71. The second-order valence-electron chi connectivity index (χ2n) is 3.35. The van der Waals surface area contributed by atoms with Crippen LogP contribution in [0.15, 0.2) is 42.5 Å². The Hall–Kier alpha value is -1.62. The number of terminal acetylenes is 1. The highest BCUT2D eigenvalue weighted by atomic mass is 35.5. The van der Waals surface area contributed by atoms with E-state index in [4.69, 9.17) is 34.4 Å². The number of hydrogen-bond acceptors (Lipinski definition) is 1. The van der Waals surface area contributed by atoms with Crippen molar-refractivity contribution in [3.05, 3.63) is 52.5 Å². The van der Waals surface area contributed by atoms with Gasteiger partial charge in [-0.2, -0.15) is 0 Å². The third kappa shape index (κ3) is 2.55. The Labute approximate surface area is 110 Å². The maximum atomic E-state index is 6.06. The smallest absolute Gasteiger partial charge is 0.166 e. The second kappa shape index (κ2) is 5.14. The molecular formula is C14H8Cl2O. The van der Waals surface area contributed by atoms with Gasteiger partial charge in [-0.15, -0.1) is 0 Å². The summed E-state index contributed by atoms with van der Waals surface area (Å²) in [6.07, 6.45) is 7.28. The van der Waals surface area contributed by atoms with Crippen LogP contribution in [0.25, 0.3) is 11.1 Å². The van der Waals surface area contributed by atoms with E-state index in [0.717, 1.165) is 11.1 Å². The quantitative estimate of drug-likeness (QED) is 0.718. The predicted octanol–water partition coefficient (Wildman–Crippen LogP) is 4.63. The van der Waals surface area contributed by atoms with Crippen molar-refractivity contribution in [2.45, 2.75) is 0 Å². The molecule has 0 radical (unpaired) electrons. The highest BCUT2D eigenvalue weighted by Crippen LogP contribution is 2.38. The molecule has 0 aromatic heterocycles. The molecule has 84 valence electrons. The lowest BCUT2D eigenvalue weighted by Crippen LogP contribution is -1.89. The molecule has 0 heterocycles. The van der Waals surface area contributed by atoms with Crippen LogP contribution in [-0.2, 0) is 0 Å². The summed E-state index contributed by atoms with van der Waals surface area (Å²) in [6.45, 7) is 0. The third-order valence-electron chi connectivity index (χ3n) is 2.25. The minimum Gasteiger partial charge on any atom is -0.406 e. The molecule has 0 aliphatic carbocycles. The fourth-order valence-electron chi connectivity index (χ4n) is 1.56. The molecular weight excluding hydrogens is 255 g/mol. The minimum atomic E-state index is 0.398. The van der Waals surface area contributed by atoms with E-state index >= 15 is 0 Å². The largest absolute Gasteiger partial charge is 0.406 e. The lowest BCUT2D eigenvalue weighted by Gasteiger charge is -2.09. The molecule has 17 heavy (non-hydrogen) atoms. The fraction of sp³-hybridized carbons (Fsp3) is 0. The zero-order chi connectivity index (χ0) is 12.3. The number of hydrogen-bond donors (Lipinski definition) is 0. The van der Waals surface area contributed by atoms with Crippen molar-refractivity contribution in [1.82, 2.24) is 0 Å². The van der Waals surface area contributed by atoms with Gasteiger partial charge in [0.2, 0.25) is 0 Å². The minimum absolute atomic E-state index is 0.398. The molecule has 0 aliphatic rings. The van der Waals surface area contributed by atoms with Crippen molar-refractivity contribution in [2.24, 2.45) is 0 Å². The molecule has 0 amide bonds. The van der Waals surface area contributed by atoms with Crippen LogP contribution in [0.1, 0.15) is 0 Å². The molecule has 0 fully saturated rings. The zero-order valence-electron chi connectivity index (χ0n) is 8.78. The summed E-state index contributed by atoms with van der Waals surface area (Å²) in [5.74, 6) is 0.449. The molecule has 0 atom stereocenters. The van der Waals surface area contributed by atoms with Crippen molar-refractivity contribution in [1.29, 1.82) is 0 Å². The second-order valence-corrected chi connectivity index (χ2v) is 4.19.